The maximum Gasteiger partial charge on any atom is 0.128 e. The maximum absolute atomic E-state index is 5.98. The summed E-state index contributed by atoms with van der Waals surface area (Å²) in [6.07, 6.45) is 5.30. The van der Waals surface area contributed by atoms with Crippen LogP contribution in [0, 0.1) is 6.92 Å². The highest BCUT2D eigenvalue weighted by molar-refractivity contribution is 5.63. The van der Waals surface area contributed by atoms with Gasteiger partial charge in [-0.1, -0.05) is 13.0 Å². The number of fused-ring (bicyclic) bond motifs is 1. The number of rotatable bonds is 3. The van der Waals surface area contributed by atoms with Crippen molar-refractivity contribution in [2.24, 2.45) is 5.73 Å². The van der Waals surface area contributed by atoms with Crippen molar-refractivity contribution in [3.05, 3.63) is 34.9 Å². The summed E-state index contributed by atoms with van der Waals surface area (Å²) in [6.45, 7) is 9.27. The van der Waals surface area contributed by atoms with Crippen LogP contribution in [-0.4, -0.2) is 12.1 Å². The van der Waals surface area contributed by atoms with Crippen LogP contribution in [0.3, 0.4) is 0 Å². The Balaban J connectivity index is 2.38. The average molecular weight is 245 g/mol. The molecule has 1 heterocycles. The molecule has 0 aromatic heterocycles. The van der Waals surface area contributed by atoms with Crippen LogP contribution in [0.4, 0.5) is 0 Å². The van der Waals surface area contributed by atoms with Gasteiger partial charge in [-0.15, -0.1) is 0 Å². The third-order valence-corrected chi connectivity index (χ3v) is 3.57. The Kier molecular flexibility index (Phi) is 3.49. The van der Waals surface area contributed by atoms with Gasteiger partial charge in [0.25, 0.3) is 0 Å². The first-order valence-corrected chi connectivity index (χ1v) is 6.66. The van der Waals surface area contributed by atoms with E-state index in [1.54, 1.807) is 0 Å². The Morgan fingerprint density at radius 2 is 2.06 bits per heavy atom. The number of benzene rings is 1. The van der Waals surface area contributed by atoms with Crippen LogP contribution in [-0.2, 0) is 0 Å². The lowest BCUT2D eigenvalue weighted by Gasteiger charge is -2.29. The second kappa shape index (κ2) is 4.77. The molecule has 1 aliphatic heterocycles. The predicted molar refractivity (Wildman–Crippen MR) is 77.0 cm³/mol. The summed E-state index contributed by atoms with van der Waals surface area (Å²) in [4.78, 5) is 0. The van der Waals surface area contributed by atoms with E-state index in [0.29, 0.717) is 5.92 Å². The van der Waals surface area contributed by atoms with Gasteiger partial charge in [0.15, 0.2) is 0 Å². The van der Waals surface area contributed by atoms with Crippen LogP contribution >= 0.6 is 0 Å². The van der Waals surface area contributed by atoms with Crippen molar-refractivity contribution >= 4 is 6.08 Å². The Bertz CT molecular complexity index is 474. The van der Waals surface area contributed by atoms with Gasteiger partial charge < -0.3 is 10.5 Å². The normalized spacial score (nSPS) is 18.1. The number of hydrogen-bond donors (Lipinski definition) is 1. The molecule has 2 heteroatoms. The zero-order valence-corrected chi connectivity index (χ0v) is 11.8. The zero-order valence-electron chi connectivity index (χ0n) is 11.8. The van der Waals surface area contributed by atoms with Gasteiger partial charge in [0.2, 0.25) is 0 Å². The average Bonchev–Trinajstić information content (AvgIpc) is 2.27. The predicted octanol–water partition coefficient (Wildman–Crippen LogP) is 3.63. The van der Waals surface area contributed by atoms with Gasteiger partial charge in [0, 0.05) is 5.56 Å². The second-order valence-electron chi connectivity index (χ2n) is 5.76. The molecular weight excluding hydrogens is 222 g/mol. The first-order chi connectivity index (χ1) is 8.43. The molecule has 1 aromatic rings. The van der Waals surface area contributed by atoms with Gasteiger partial charge in [0.1, 0.15) is 11.4 Å². The number of nitrogens with two attached hydrogens (primary N) is 1. The molecule has 0 aliphatic carbocycles. The van der Waals surface area contributed by atoms with E-state index in [-0.39, 0.29) is 5.60 Å². The molecule has 2 rings (SSSR count). The highest BCUT2D eigenvalue weighted by atomic mass is 16.5. The lowest BCUT2D eigenvalue weighted by atomic mass is 9.90. The molecule has 0 amide bonds. The van der Waals surface area contributed by atoms with Crippen LogP contribution in [0.2, 0.25) is 0 Å². The van der Waals surface area contributed by atoms with Gasteiger partial charge in [-0.3, -0.25) is 0 Å². The molecule has 2 nitrogen and oxygen atoms in total. The first-order valence-electron chi connectivity index (χ1n) is 6.66. The molecule has 1 aliphatic rings. The summed E-state index contributed by atoms with van der Waals surface area (Å²) in [7, 11) is 0. The van der Waals surface area contributed by atoms with Gasteiger partial charge in [-0.05, 0) is 69.0 Å². The Morgan fingerprint density at radius 3 is 2.72 bits per heavy atom. The standard InChI is InChI=1S/C16H23NO/c1-11(6-8-17)14-10-13-5-7-16(3,4)18-15(13)9-12(14)2/h5,7,9-11H,6,8,17H2,1-4H3. The van der Waals surface area contributed by atoms with Crippen molar-refractivity contribution < 1.29 is 4.74 Å². The largest absolute Gasteiger partial charge is 0.483 e. The molecule has 2 N–H and O–H groups in total. The van der Waals surface area contributed by atoms with Crippen molar-refractivity contribution in [3.8, 4) is 5.75 Å². The maximum atomic E-state index is 5.98. The fraction of sp³-hybridized carbons (Fsp3) is 0.500. The molecule has 0 saturated carbocycles. The molecule has 1 aromatic carbocycles. The first kappa shape index (κ1) is 13.2. The van der Waals surface area contributed by atoms with E-state index in [9.17, 15) is 0 Å². The van der Waals surface area contributed by atoms with Gasteiger partial charge in [-0.2, -0.15) is 0 Å². The van der Waals surface area contributed by atoms with Gasteiger partial charge in [-0.25, -0.2) is 0 Å². The summed E-state index contributed by atoms with van der Waals surface area (Å²) in [5.41, 5.74) is 9.30. The van der Waals surface area contributed by atoms with Crippen LogP contribution in [0.1, 0.15) is 49.8 Å². The smallest absolute Gasteiger partial charge is 0.128 e. The molecular formula is C16H23NO. The second-order valence-corrected chi connectivity index (χ2v) is 5.76. The van der Waals surface area contributed by atoms with E-state index in [1.165, 1.54) is 16.7 Å². The molecule has 18 heavy (non-hydrogen) atoms. The highest BCUT2D eigenvalue weighted by Crippen LogP contribution is 2.35. The summed E-state index contributed by atoms with van der Waals surface area (Å²) in [5, 5.41) is 0. The van der Waals surface area contributed by atoms with Crippen LogP contribution in [0.5, 0.6) is 5.75 Å². The number of ether oxygens (including phenoxy) is 1. The molecule has 0 spiro atoms. The van der Waals surface area contributed by atoms with E-state index in [2.05, 4.69) is 52.0 Å². The molecule has 0 radical (unpaired) electrons. The molecule has 0 saturated heterocycles. The molecule has 0 bridgehead atoms. The van der Waals surface area contributed by atoms with Crippen LogP contribution < -0.4 is 10.5 Å². The molecule has 98 valence electrons. The summed E-state index contributed by atoms with van der Waals surface area (Å²) in [5.74, 6) is 1.49. The summed E-state index contributed by atoms with van der Waals surface area (Å²) in [6, 6.07) is 4.40. The van der Waals surface area contributed by atoms with Crippen molar-refractivity contribution in [3.63, 3.8) is 0 Å². The SMILES string of the molecule is Cc1cc2c(cc1C(C)CCN)C=CC(C)(C)O2. The van der Waals surface area contributed by atoms with E-state index in [1.807, 2.05) is 0 Å². The van der Waals surface area contributed by atoms with E-state index < -0.39 is 0 Å². The van der Waals surface area contributed by atoms with Crippen LogP contribution in [0.15, 0.2) is 18.2 Å². The Labute approximate surface area is 110 Å². The van der Waals surface area contributed by atoms with Crippen molar-refractivity contribution in [1.29, 1.82) is 0 Å². The third kappa shape index (κ3) is 2.59. The summed E-state index contributed by atoms with van der Waals surface area (Å²) < 4.78 is 5.98. The van der Waals surface area contributed by atoms with Gasteiger partial charge >= 0.3 is 0 Å². The van der Waals surface area contributed by atoms with Crippen molar-refractivity contribution in [2.75, 3.05) is 6.54 Å². The quantitative estimate of drug-likeness (QED) is 0.882. The Morgan fingerprint density at radius 1 is 1.33 bits per heavy atom. The highest BCUT2D eigenvalue weighted by Gasteiger charge is 2.22. The Hall–Kier alpha value is -1.28. The van der Waals surface area contributed by atoms with E-state index in [0.717, 1.165) is 18.7 Å². The number of aryl methyl sites for hydroxylation is 1. The zero-order chi connectivity index (χ0) is 13.3. The summed E-state index contributed by atoms with van der Waals surface area (Å²) >= 11 is 0. The molecule has 0 fully saturated rings. The molecule has 1 atom stereocenters. The monoisotopic (exact) mass is 245 g/mol. The van der Waals surface area contributed by atoms with E-state index >= 15 is 0 Å². The fourth-order valence-electron chi connectivity index (χ4n) is 2.48. The van der Waals surface area contributed by atoms with Crippen molar-refractivity contribution in [1.82, 2.24) is 0 Å². The number of hydrogen-bond acceptors (Lipinski definition) is 2. The van der Waals surface area contributed by atoms with Crippen molar-refractivity contribution in [2.45, 2.75) is 45.6 Å². The van der Waals surface area contributed by atoms with Crippen LogP contribution in [0.25, 0.3) is 6.08 Å². The fourth-order valence-corrected chi connectivity index (χ4v) is 2.48. The lowest BCUT2D eigenvalue weighted by Crippen LogP contribution is -2.27. The topological polar surface area (TPSA) is 35.2 Å². The van der Waals surface area contributed by atoms with E-state index in [4.69, 9.17) is 10.5 Å². The third-order valence-electron chi connectivity index (χ3n) is 3.57. The van der Waals surface area contributed by atoms with Gasteiger partial charge in [0.05, 0.1) is 0 Å². The minimum absolute atomic E-state index is 0.205. The minimum Gasteiger partial charge on any atom is -0.483 e. The lowest BCUT2D eigenvalue weighted by molar-refractivity contribution is 0.159. The molecule has 1 unspecified atom stereocenters. The minimum atomic E-state index is -0.205.